The highest BCUT2D eigenvalue weighted by molar-refractivity contribution is 7.99. The zero-order chi connectivity index (χ0) is 8.69. The Morgan fingerprint density at radius 2 is 2.18 bits per heavy atom. The highest BCUT2D eigenvalue weighted by atomic mass is 32.2. The largest absolute Gasteiger partial charge is 0.463 e. The van der Waals surface area contributed by atoms with Crippen LogP contribution in [0.3, 0.4) is 0 Å². The van der Waals surface area contributed by atoms with Crippen LogP contribution in [0.25, 0.3) is 0 Å². The van der Waals surface area contributed by atoms with Gasteiger partial charge in [0.05, 0.1) is 6.61 Å². The molecule has 0 atom stereocenters. The summed E-state index contributed by atoms with van der Waals surface area (Å²) in [7, 11) is 0. The van der Waals surface area contributed by atoms with Gasteiger partial charge >= 0.3 is 5.97 Å². The minimum Gasteiger partial charge on any atom is -0.463 e. The maximum Gasteiger partial charge on any atom is 0.334 e. The van der Waals surface area contributed by atoms with Crippen molar-refractivity contribution in [2.24, 2.45) is 0 Å². The lowest BCUT2D eigenvalue weighted by molar-refractivity contribution is -0.138. The van der Waals surface area contributed by atoms with Crippen LogP contribution in [0.1, 0.15) is 13.8 Å². The summed E-state index contributed by atoms with van der Waals surface area (Å²) in [6.07, 6.45) is 0. The van der Waals surface area contributed by atoms with Gasteiger partial charge in [-0.15, -0.1) is 0 Å². The van der Waals surface area contributed by atoms with Gasteiger partial charge in [0.1, 0.15) is 0 Å². The highest BCUT2D eigenvalue weighted by Gasteiger charge is 2.05. The van der Waals surface area contributed by atoms with Gasteiger partial charge in [0.2, 0.25) is 0 Å². The van der Waals surface area contributed by atoms with Crippen LogP contribution in [-0.4, -0.2) is 24.1 Å². The van der Waals surface area contributed by atoms with Gasteiger partial charge in [-0.1, -0.05) is 13.5 Å². The maximum absolute atomic E-state index is 10.9. The van der Waals surface area contributed by atoms with Crippen LogP contribution >= 0.6 is 11.8 Å². The second kappa shape index (κ2) is 6.28. The fourth-order valence-electron chi connectivity index (χ4n) is 0.517. The van der Waals surface area contributed by atoms with Crippen LogP contribution in [0.4, 0.5) is 0 Å². The molecule has 0 aromatic heterocycles. The second-order valence-electron chi connectivity index (χ2n) is 1.96. The third-order valence-electron chi connectivity index (χ3n) is 1.04. The van der Waals surface area contributed by atoms with Crippen molar-refractivity contribution in [1.82, 2.24) is 0 Å². The summed E-state index contributed by atoms with van der Waals surface area (Å²) in [5, 5.41) is 0. The molecule has 0 aromatic carbocycles. The Morgan fingerprint density at radius 1 is 1.55 bits per heavy atom. The van der Waals surface area contributed by atoms with Crippen LogP contribution < -0.4 is 0 Å². The molecule has 0 bridgehead atoms. The molecule has 0 aliphatic heterocycles. The van der Waals surface area contributed by atoms with E-state index >= 15 is 0 Å². The van der Waals surface area contributed by atoms with Crippen molar-refractivity contribution < 1.29 is 9.53 Å². The van der Waals surface area contributed by atoms with E-state index in [4.69, 9.17) is 4.74 Å². The Balaban J connectivity index is 3.56. The van der Waals surface area contributed by atoms with E-state index in [-0.39, 0.29) is 5.97 Å². The average molecular weight is 174 g/mol. The van der Waals surface area contributed by atoms with Crippen LogP contribution in [0.15, 0.2) is 12.2 Å². The topological polar surface area (TPSA) is 26.3 Å². The van der Waals surface area contributed by atoms with Crippen molar-refractivity contribution in [2.45, 2.75) is 13.8 Å². The molecule has 0 fully saturated rings. The number of esters is 1. The molecule has 0 radical (unpaired) electrons. The molecule has 64 valence electrons. The van der Waals surface area contributed by atoms with Crippen molar-refractivity contribution in [2.75, 3.05) is 18.1 Å². The van der Waals surface area contributed by atoms with E-state index in [0.29, 0.717) is 17.9 Å². The summed E-state index contributed by atoms with van der Waals surface area (Å²) in [4.78, 5) is 10.9. The van der Waals surface area contributed by atoms with Gasteiger partial charge in [-0.25, -0.2) is 4.79 Å². The molecule has 0 amide bonds. The molecular formula is C8H14O2S. The molecule has 2 nitrogen and oxygen atoms in total. The van der Waals surface area contributed by atoms with E-state index in [0.717, 1.165) is 5.75 Å². The Labute approximate surface area is 72.0 Å². The molecule has 0 unspecified atom stereocenters. The molecule has 3 heteroatoms. The van der Waals surface area contributed by atoms with Gasteiger partial charge in [-0.2, -0.15) is 11.8 Å². The van der Waals surface area contributed by atoms with E-state index in [1.54, 1.807) is 18.7 Å². The summed E-state index contributed by atoms with van der Waals surface area (Å²) in [5.74, 6) is 1.40. The number of carbonyl (C=O) groups excluding carboxylic acids is 1. The van der Waals surface area contributed by atoms with E-state index < -0.39 is 0 Å². The predicted molar refractivity (Wildman–Crippen MR) is 48.8 cm³/mol. The van der Waals surface area contributed by atoms with E-state index in [2.05, 4.69) is 6.58 Å². The van der Waals surface area contributed by atoms with Gasteiger partial charge in [0.25, 0.3) is 0 Å². The fourth-order valence-corrected chi connectivity index (χ4v) is 1.09. The average Bonchev–Trinajstić information content (AvgIpc) is 2.00. The molecule has 0 aliphatic carbocycles. The van der Waals surface area contributed by atoms with Crippen molar-refractivity contribution in [3.63, 3.8) is 0 Å². The summed E-state index contributed by atoms with van der Waals surface area (Å²) in [6, 6.07) is 0. The third kappa shape index (κ3) is 4.90. The molecule has 0 saturated heterocycles. The van der Waals surface area contributed by atoms with Gasteiger partial charge in [0, 0.05) is 11.3 Å². The van der Waals surface area contributed by atoms with Crippen molar-refractivity contribution in [1.29, 1.82) is 0 Å². The van der Waals surface area contributed by atoms with E-state index in [1.807, 2.05) is 6.92 Å². The van der Waals surface area contributed by atoms with Crippen LogP contribution in [0.2, 0.25) is 0 Å². The quantitative estimate of drug-likeness (QED) is 0.470. The molecule has 11 heavy (non-hydrogen) atoms. The first-order chi connectivity index (χ1) is 5.22. The SMILES string of the molecule is C=C(CSCC)C(=O)OCC. The van der Waals surface area contributed by atoms with E-state index in [1.165, 1.54) is 0 Å². The number of rotatable bonds is 5. The standard InChI is InChI=1S/C8H14O2S/c1-4-10-8(9)7(3)6-11-5-2/h3-6H2,1-2H3. The number of ether oxygens (including phenoxy) is 1. The molecular weight excluding hydrogens is 160 g/mol. The van der Waals surface area contributed by atoms with Crippen LogP contribution in [0.5, 0.6) is 0 Å². The Hall–Kier alpha value is -0.440. The number of carbonyl (C=O) groups is 1. The molecule has 0 aliphatic rings. The molecule has 0 rings (SSSR count). The third-order valence-corrected chi connectivity index (χ3v) is 2.01. The Kier molecular flexibility index (Phi) is 6.03. The van der Waals surface area contributed by atoms with Crippen molar-refractivity contribution >= 4 is 17.7 Å². The van der Waals surface area contributed by atoms with Gasteiger partial charge in [0.15, 0.2) is 0 Å². The van der Waals surface area contributed by atoms with Crippen LogP contribution in [-0.2, 0) is 9.53 Å². The zero-order valence-corrected chi connectivity index (χ0v) is 7.87. The van der Waals surface area contributed by atoms with Crippen molar-refractivity contribution in [3.8, 4) is 0 Å². The number of hydrogen-bond donors (Lipinski definition) is 0. The molecule has 0 heterocycles. The Bertz CT molecular complexity index is 143. The summed E-state index contributed by atoms with van der Waals surface area (Å²) in [5.41, 5.74) is 0.554. The Morgan fingerprint density at radius 3 is 2.64 bits per heavy atom. The first kappa shape index (κ1) is 10.6. The summed E-state index contributed by atoms with van der Waals surface area (Å²) >= 11 is 1.67. The molecule has 0 N–H and O–H groups in total. The maximum atomic E-state index is 10.9. The minimum atomic E-state index is -0.270. The van der Waals surface area contributed by atoms with Gasteiger partial charge in [-0.3, -0.25) is 0 Å². The first-order valence-corrected chi connectivity index (χ1v) is 4.80. The number of hydrogen-bond acceptors (Lipinski definition) is 3. The zero-order valence-electron chi connectivity index (χ0n) is 7.05. The lowest BCUT2D eigenvalue weighted by Gasteiger charge is -2.02. The normalized spacial score (nSPS) is 9.27. The monoisotopic (exact) mass is 174 g/mol. The number of thioether (sulfide) groups is 1. The van der Waals surface area contributed by atoms with Crippen molar-refractivity contribution in [3.05, 3.63) is 12.2 Å². The fraction of sp³-hybridized carbons (Fsp3) is 0.625. The molecule has 0 saturated carbocycles. The van der Waals surface area contributed by atoms with Gasteiger partial charge in [-0.05, 0) is 12.7 Å². The summed E-state index contributed by atoms with van der Waals surface area (Å²) < 4.78 is 4.75. The highest BCUT2D eigenvalue weighted by Crippen LogP contribution is 2.06. The van der Waals surface area contributed by atoms with E-state index in [9.17, 15) is 4.79 Å². The van der Waals surface area contributed by atoms with Gasteiger partial charge < -0.3 is 4.74 Å². The lowest BCUT2D eigenvalue weighted by atomic mass is 10.4. The summed E-state index contributed by atoms with van der Waals surface area (Å²) in [6.45, 7) is 7.88. The minimum absolute atomic E-state index is 0.270. The second-order valence-corrected chi connectivity index (χ2v) is 3.24. The van der Waals surface area contributed by atoms with Crippen LogP contribution in [0, 0.1) is 0 Å². The molecule has 0 aromatic rings. The first-order valence-electron chi connectivity index (χ1n) is 3.65. The molecule has 0 spiro atoms. The smallest absolute Gasteiger partial charge is 0.334 e. The predicted octanol–water partition coefficient (Wildman–Crippen LogP) is 1.86. The lowest BCUT2D eigenvalue weighted by Crippen LogP contribution is -2.08.